The molecule has 1 N–H and O–H groups in total. The molecule has 2 aromatic heterocycles. The second-order valence-corrected chi connectivity index (χ2v) is 10.3. The van der Waals surface area contributed by atoms with Gasteiger partial charge in [-0.3, -0.25) is 4.79 Å². The van der Waals surface area contributed by atoms with Gasteiger partial charge >= 0.3 is 12.1 Å². The second kappa shape index (κ2) is 9.47. The SMILES string of the molecule is Cc1nc(-c2nnn(C)c2COC(=O)N(C)CC2CCC2)ccc1O[C@@H]1C[C@@H]2C[C@@H]2[C@@H](C(=O)O)C1. The third-order valence-corrected chi connectivity index (χ3v) is 7.81. The van der Waals surface area contributed by atoms with Crippen LogP contribution in [0.25, 0.3) is 11.4 Å². The number of hydrogen-bond acceptors (Lipinski definition) is 7. The van der Waals surface area contributed by atoms with Gasteiger partial charge < -0.3 is 19.5 Å². The van der Waals surface area contributed by atoms with Crippen LogP contribution in [0.5, 0.6) is 5.75 Å². The zero-order chi connectivity index (χ0) is 24.7. The van der Waals surface area contributed by atoms with Crippen molar-refractivity contribution in [3.8, 4) is 17.1 Å². The van der Waals surface area contributed by atoms with Gasteiger partial charge in [-0.25, -0.2) is 14.5 Å². The molecule has 0 radical (unpaired) electrons. The Morgan fingerprint density at radius 2 is 2.03 bits per heavy atom. The third kappa shape index (κ3) is 4.97. The Morgan fingerprint density at radius 1 is 1.23 bits per heavy atom. The molecule has 0 aromatic carbocycles. The number of hydrogen-bond donors (Lipinski definition) is 1. The lowest BCUT2D eigenvalue weighted by atomic mass is 9.85. The summed E-state index contributed by atoms with van der Waals surface area (Å²) in [5, 5.41) is 17.9. The highest BCUT2D eigenvalue weighted by Crippen LogP contribution is 2.53. The van der Waals surface area contributed by atoms with E-state index in [0.717, 1.165) is 12.8 Å². The molecule has 10 nitrogen and oxygen atoms in total. The van der Waals surface area contributed by atoms with E-state index in [9.17, 15) is 14.7 Å². The highest BCUT2D eigenvalue weighted by Gasteiger charge is 2.52. The van der Waals surface area contributed by atoms with Crippen molar-refractivity contribution in [2.45, 2.75) is 58.2 Å². The number of aliphatic carboxylic acids is 1. The summed E-state index contributed by atoms with van der Waals surface area (Å²) in [4.78, 5) is 30.3. The number of amides is 1. The van der Waals surface area contributed by atoms with Gasteiger partial charge in [0.05, 0.1) is 23.4 Å². The first-order chi connectivity index (χ1) is 16.8. The van der Waals surface area contributed by atoms with Gasteiger partial charge in [0.25, 0.3) is 0 Å². The largest absolute Gasteiger partial charge is 0.488 e. The van der Waals surface area contributed by atoms with E-state index in [1.54, 1.807) is 23.7 Å². The Kier molecular flexibility index (Phi) is 6.37. The molecular weight excluding hydrogens is 450 g/mol. The summed E-state index contributed by atoms with van der Waals surface area (Å²) in [5.41, 5.74) is 2.53. The molecular formula is C25H33N5O5. The molecule has 0 bridgehead atoms. The predicted octanol–water partition coefficient (Wildman–Crippen LogP) is 3.43. The molecule has 3 saturated carbocycles. The summed E-state index contributed by atoms with van der Waals surface area (Å²) in [5.74, 6) is 0.960. The van der Waals surface area contributed by atoms with E-state index in [1.807, 2.05) is 19.1 Å². The van der Waals surface area contributed by atoms with Crippen LogP contribution in [0.3, 0.4) is 0 Å². The Balaban J connectivity index is 1.24. The van der Waals surface area contributed by atoms with Gasteiger partial charge in [0.15, 0.2) is 0 Å². The number of carboxylic acids is 1. The van der Waals surface area contributed by atoms with Gasteiger partial charge in [0.2, 0.25) is 0 Å². The van der Waals surface area contributed by atoms with Crippen molar-refractivity contribution >= 4 is 12.1 Å². The topological polar surface area (TPSA) is 120 Å². The molecule has 35 heavy (non-hydrogen) atoms. The minimum atomic E-state index is -0.721. The van der Waals surface area contributed by atoms with Crippen molar-refractivity contribution in [3.05, 3.63) is 23.5 Å². The Labute approximate surface area is 204 Å². The first kappa shape index (κ1) is 23.6. The van der Waals surface area contributed by atoms with Crippen LogP contribution in [0.1, 0.15) is 49.9 Å². The highest BCUT2D eigenvalue weighted by molar-refractivity contribution is 5.71. The molecule has 3 aliphatic rings. The van der Waals surface area contributed by atoms with Crippen molar-refractivity contribution in [2.24, 2.45) is 30.7 Å². The summed E-state index contributed by atoms with van der Waals surface area (Å²) >= 11 is 0. The number of ether oxygens (including phenoxy) is 2. The van der Waals surface area contributed by atoms with E-state index < -0.39 is 5.97 Å². The molecule has 0 unspecified atom stereocenters. The Bertz CT molecular complexity index is 1110. The van der Waals surface area contributed by atoms with E-state index >= 15 is 0 Å². The minimum absolute atomic E-state index is 0.0485. The van der Waals surface area contributed by atoms with Crippen LogP contribution in [0.4, 0.5) is 4.79 Å². The highest BCUT2D eigenvalue weighted by atomic mass is 16.6. The fourth-order valence-corrected chi connectivity index (χ4v) is 5.41. The van der Waals surface area contributed by atoms with Crippen LogP contribution in [0.2, 0.25) is 0 Å². The first-order valence-corrected chi connectivity index (χ1v) is 12.4. The number of nitrogens with zero attached hydrogens (tertiary/aromatic N) is 5. The van der Waals surface area contributed by atoms with Gasteiger partial charge in [-0.1, -0.05) is 11.6 Å². The maximum atomic E-state index is 12.4. The monoisotopic (exact) mass is 483 g/mol. The molecule has 2 aromatic rings. The smallest absolute Gasteiger partial charge is 0.409 e. The van der Waals surface area contributed by atoms with Crippen molar-refractivity contribution in [3.63, 3.8) is 0 Å². The predicted molar refractivity (Wildman–Crippen MR) is 125 cm³/mol. The van der Waals surface area contributed by atoms with E-state index in [4.69, 9.17) is 9.47 Å². The number of fused-ring (bicyclic) bond motifs is 1. The summed E-state index contributed by atoms with van der Waals surface area (Å²) < 4.78 is 13.3. The van der Waals surface area contributed by atoms with Crippen molar-refractivity contribution < 1.29 is 24.2 Å². The number of rotatable bonds is 8. The molecule has 5 rings (SSSR count). The van der Waals surface area contributed by atoms with Crippen LogP contribution in [-0.2, 0) is 23.2 Å². The average molecular weight is 484 g/mol. The molecule has 1 amide bonds. The van der Waals surface area contributed by atoms with E-state index in [1.165, 1.54) is 19.3 Å². The zero-order valence-corrected chi connectivity index (χ0v) is 20.5. The number of carbonyl (C=O) groups excluding carboxylic acids is 1. The van der Waals surface area contributed by atoms with Gasteiger partial charge in [0, 0.05) is 20.6 Å². The standard InChI is InChI=1S/C25H33N5O5/c1-14-22(35-17-9-16-10-18(16)19(11-17)24(31)32)8-7-20(26-14)23-21(30(3)28-27-23)13-34-25(33)29(2)12-15-5-4-6-15/h7-8,15-19H,4-6,9-13H2,1-3H3,(H,31,32)/t16-,17-,18+,19+/m1/s1. The van der Waals surface area contributed by atoms with Crippen LogP contribution in [-0.4, -0.2) is 61.7 Å². The van der Waals surface area contributed by atoms with Crippen LogP contribution >= 0.6 is 0 Å². The van der Waals surface area contributed by atoms with Crippen LogP contribution in [0.15, 0.2) is 12.1 Å². The maximum absolute atomic E-state index is 12.4. The molecule has 2 heterocycles. The van der Waals surface area contributed by atoms with Crippen molar-refractivity contribution in [2.75, 3.05) is 13.6 Å². The summed E-state index contributed by atoms with van der Waals surface area (Å²) in [7, 11) is 3.52. The molecule has 0 spiro atoms. The third-order valence-electron chi connectivity index (χ3n) is 7.81. The Hall–Kier alpha value is -3.17. The fraction of sp³-hybridized carbons (Fsp3) is 0.640. The summed E-state index contributed by atoms with van der Waals surface area (Å²) in [6, 6.07) is 3.67. The fourth-order valence-electron chi connectivity index (χ4n) is 5.41. The Morgan fingerprint density at radius 3 is 2.71 bits per heavy atom. The summed E-state index contributed by atoms with van der Waals surface area (Å²) in [6.45, 7) is 2.63. The molecule has 0 aliphatic heterocycles. The van der Waals surface area contributed by atoms with Gasteiger partial charge in [0.1, 0.15) is 23.7 Å². The number of carboxylic acid groups (broad SMARTS) is 1. The molecule has 3 aliphatic carbocycles. The zero-order valence-electron chi connectivity index (χ0n) is 20.5. The van der Waals surface area contributed by atoms with E-state index in [2.05, 4.69) is 15.3 Å². The quantitative estimate of drug-likeness (QED) is 0.606. The number of aromatic nitrogens is 4. The normalized spacial score (nSPS) is 25.3. The molecule has 188 valence electrons. The number of carbonyl (C=O) groups is 2. The number of aryl methyl sites for hydroxylation is 2. The maximum Gasteiger partial charge on any atom is 0.409 e. The molecule has 4 atom stereocenters. The van der Waals surface area contributed by atoms with Crippen LogP contribution < -0.4 is 4.74 Å². The lowest BCUT2D eigenvalue weighted by Gasteiger charge is -2.29. The second-order valence-electron chi connectivity index (χ2n) is 10.3. The van der Waals surface area contributed by atoms with Crippen molar-refractivity contribution in [1.82, 2.24) is 24.9 Å². The first-order valence-electron chi connectivity index (χ1n) is 12.4. The lowest BCUT2D eigenvalue weighted by molar-refractivity contribution is -0.144. The lowest BCUT2D eigenvalue weighted by Crippen LogP contribution is -2.34. The van der Waals surface area contributed by atoms with E-state index in [-0.39, 0.29) is 24.7 Å². The van der Waals surface area contributed by atoms with Crippen molar-refractivity contribution in [1.29, 1.82) is 0 Å². The molecule has 3 fully saturated rings. The average Bonchev–Trinajstić information content (AvgIpc) is 3.49. The van der Waals surface area contributed by atoms with E-state index in [0.29, 0.717) is 59.2 Å². The number of pyridine rings is 1. The molecule has 0 saturated heterocycles. The van der Waals surface area contributed by atoms with Crippen LogP contribution in [0, 0.1) is 30.6 Å². The molecule has 10 heteroatoms. The summed E-state index contributed by atoms with van der Waals surface area (Å²) in [6.07, 6.45) is 5.51. The van der Waals surface area contributed by atoms with Gasteiger partial charge in [-0.15, -0.1) is 5.10 Å². The minimum Gasteiger partial charge on any atom is -0.488 e. The van der Waals surface area contributed by atoms with Gasteiger partial charge in [-0.05, 0) is 68.9 Å². The van der Waals surface area contributed by atoms with Gasteiger partial charge in [-0.2, -0.15) is 0 Å².